The second kappa shape index (κ2) is 21.8. The van der Waals surface area contributed by atoms with Crippen molar-refractivity contribution in [2.24, 2.45) is 0 Å². The summed E-state index contributed by atoms with van der Waals surface area (Å²) in [7, 11) is 0. The van der Waals surface area contributed by atoms with Gasteiger partial charge in [0.05, 0.1) is 13.2 Å². The van der Waals surface area contributed by atoms with Crippen LogP contribution in [0.15, 0.2) is 0 Å². The highest BCUT2D eigenvalue weighted by atomic mass is 16.8. The molecule has 1 fully saturated rings. The normalized spacial score (nSPS) is 18.7. The number of hydrogen-bond donors (Lipinski definition) is 0. The Morgan fingerprint density at radius 3 is 1.11 bits per heavy atom. The molecule has 2 atom stereocenters. The molecule has 0 aromatic heterocycles. The van der Waals surface area contributed by atoms with Crippen LogP contribution in [0.3, 0.4) is 0 Å². The predicted molar refractivity (Wildman–Crippen MR) is 149 cm³/mol. The molecule has 0 aliphatic carbocycles. The van der Waals surface area contributed by atoms with Crippen molar-refractivity contribution in [3.05, 3.63) is 0 Å². The van der Waals surface area contributed by atoms with Gasteiger partial charge < -0.3 is 18.9 Å². The topological polar surface area (TPSA) is 71.1 Å². The van der Waals surface area contributed by atoms with Crippen LogP contribution < -0.4 is 0 Å². The third-order valence-electron chi connectivity index (χ3n) is 7.32. The van der Waals surface area contributed by atoms with Crippen LogP contribution in [0.25, 0.3) is 0 Å². The van der Waals surface area contributed by atoms with Crippen molar-refractivity contribution in [3.63, 3.8) is 0 Å². The van der Waals surface area contributed by atoms with Crippen LogP contribution in [0.5, 0.6) is 0 Å². The van der Waals surface area contributed by atoms with Gasteiger partial charge in [-0.25, -0.2) is 9.59 Å². The van der Waals surface area contributed by atoms with Crippen molar-refractivity contribution in [2.75, 3.05) is 13.2 Å². The van der Waals surface area contributed by atoms with Crippen molar-refractivity contribution in [1.82, 2.24) is 0 Å². The van der Waals surface area contributed by atoms with Crippen LogP contribution in [0, 0.1) is 0 Å². The summed E-state index contributed by atoms with van der Waals surface area (Å²) in [4.78, 5) is 25.3. The zero-order valence-corrected chi connectivity index (χ0v) is 24.7. The first kappa shape index (κ1) is 33.9. The maximum absolute atomic E-state index is 12.7. The lowest BCUT2D eigenvalue weighted by molar-refractivity contribution is -0.197. The third kappa shape index (κ3) is 14.6. The van der Waals surface area contributed by atoms with Crippen LogP contribution in [-0.4, -0.2) is 43.1 Å². The lowest BCUT2D eigenvalue weighted by Crippen LogP contribution is -2.39. The van der Waals surface area contributed by atoms with Crippen molar-refractivity contribution >= 4 is 11.9 Å². The smallest absolute Gasteiger partial charge is 0.338 e. The minimum Gasteiger partial charge on any atom is -0.464 e. The summed E-state index contributed by atoms with van der Waals surface area (Å²) in [5.41, 5.74) is 0. The molecule has 0 amide bonds. The lowest BCUT2D eigenvalue weighted by Gasteiger charge is -2.28. The Morgan fingerprint density at radius 2 is 0.811 bits per heavy atom. The van der Waals surface area contributed by atoms with Gasteiger partial charge in [0, 0.05) is 12.8 Å². The quantitative estimate of drug-likeness (QED) is 0.0928. The summed E-state index contributed by atoms with van der Waals surface area (Å²) < 4.78 is 23.0. The van der Waals surface area contributed by atoms with E-state index in [1.54, 1.807) is 13.8 Å². The fourth-order valence-corrected chi connectivity index (χ4v) is 5.18. The maximum Gasteiger partial charge on any atom is 0.338 e. The summed E-state index contributed by atoms with van der Waals surface area (Å²) in [5.74, 6) is -2.00. The average molecular weight is 527 g/mol. The molecule has 218 valence electrons. The molecular weight excluding hydrogens is 468 g/mol. The van der Waals surface area contributed by atoms with Gasteiger partial charge in [-0.2, -0.15) is 0 Å². The molecule has 0 aromatic rings. The van der Waals surface area contributed by atoms with Crippen molar-refractivity contribution in [2.45, 2.75) is 174 Å². The van der Waals surface area contributed by atoms with E-state index < -0.39 is 29.9 Å². The van der Waals surface area contributed by atoms with Gasteiger partial charge in [0.25, 0.3) is 0 Å². The van der Waals surface area contributed by atoms with E-state index in [-0.39, 0.29) is 13.2 Å². The molecule has 1 aliphatic rings. The van der Waals surface area contributed by atoms with E-state index in [9.17, 15) is 9.59 Å². The average Bonchev–Trinajstić information content (AvgIpc) is 3.27. The summed E-state index contributed by atoms with van der Waals surface area (Å²) in [5, 5.41) is 0. The number of carbonyl (C=O) groups is 2. The van der Waals surface area contributed by atoms with Gasteiger partial charge >= 0.3 is 11.9 Å². The van der Waals surface area contributed by atoms with E-state index in [4.69, 9.17) is 18.9 Å². The summed E-state index contributed by atoms with van der Waals surface area (Å²) in [6, 6.07) is 0. The molecule has 1 aliphatic heterocycles. The number of hydrogen-bond acceptors (Lipinski definition) is 6. The van der Waals surface area contributed by atoms with Crippen LogP contribution in [-0.2, 0) is 28.5 Å². The molecule has 6 nitrogen and oxygen atoms in total. The van der Waals surface area contributed by atoms with Crippen molar-refractivity contribution < 1.29 is 28.5 Å². The largest absolute Gasteiger partial charge is 0.464 e. The van der Waals surface area contributed by atoms with Crippen LogP contribution in [0.4, 0.5) is 0 Å². The van der Waals surface area contributed by atoms with E-state index in [0.29, 0.717) is 12.8 Å². The molecule has 0 aromatic carbocycles. The molecule has 1 heterocycles. The number of unbranched alkanes of at least 4 members (excludes halogenated alkanes) is 16. The Bertz CT molecular complexity index is 528. The van der Waals surface area contributed by atoms with Crippen LogP contribution in [0.1, 0.15) is 156 Å². The Morgan fingerprint density at radius 1 is 0.514 bits per heavy atom. The summed E-state index contributed by atoms with van der Waals surface area (Å²) in [6.45, 7) is 8.47. The Hall–Kier alpha value is -1.14. The van der Waals surface area contributed by atoms with Gasteiger partial charge in [-0.3, -0.25) is 0 Å². The second-order valence-corrected chi connectivity index (χ2v) is 10.6. The Kier molecular flexibility index (Phi) is 19.9. The summed E-state index contributed by atoms with van der Waals surface area (Å²) in [6.07, 6.45) is 21.4. The van der Waals surface area contributed by atoms with E-state index >= 15 is 0 Å². The zero-order chi connectivity index (χ0) is 27.2. The van der Waals surface area contributed by atoms with E-state index in [1.807, 2.05) is 0 Å². The van der Waals surface area contributed by atoms with Gasteiger partial charge in [0.2, 0.25) is 0 Å². The van der Waals surface area contributed by atoms with Gasteiger partial charge in [0.15, 0.2) is 18.0 Å². The predicted octanol–water partition coefficient (Wildman–Crippen LogP) is 8.43. The van der Waals surface area contributed by atoms with E-state index in [0.717, 1.165) is 25.7 Å². The first-order valence-electron chi connectivity index (χ1n) is 15.7. The maximum atomic E-state index is 12.7. The first-order valence-corrected chi connectivity index (χ1v) is 15.7. The molecule has 0 radical (unpaired) electrons. The Labute approximate surface area is 227 Å². The minimum absolute atomic E-state index is 0.234. The van der Waals surface area contributed by atoms with Crippen LogP contribution >= 0.6 is 0 Å². The molecule has 0 spiro atoms. The molecule has 1 saturated heterocycles. The van der Waals surface area contributed by atoms with Crippen molar-refractivity contribution in [1.29, 1.82) is 0 Å². The fraction of sp³-hybridized carbons (Fsp3) is 0.935. The first-order chi connectivity index (χ1) is 18.0. The number of carbonyl (C=O) groups excluding carboxylic acids is 2. The molecule has 0 bridgehead atoms. The van der Waals surface area contributed by atoms with Gasteiger partial charge in [0.1, 0.15) is 0 Å². The molecule has 0 saturated carbocycles. The lowest BCUT2D eigenvalue weighted by atomic mass is 9.98. The van der Waals surface area contributed by atoms with E-state index in [1.165, 1.54) is 89.9 Å². The number of esters is 2. The number of rotatable bonds is 24. The second-order valence-electron chi connectivity index (χ2n) is 10.6. The molecule has 1 rings (SSSR count). The zero-order valence-electron chi connectivity index (χ0n) is 24.7. The highest BCUT2D eigenvalue weighted by Gasteiger charge is 2.54. The fourth-order valence-electron chi connectivity index (χ4n) is 5.18. The van der Waals surface area contributed by atoms with Gasteiger partial charge in [-0.15, -0.1) is 0 Å². The third-order valence-corrected chi connectivity index (χ3v) is 7.32. The van der Waals surface area contributed by atoms with Crippen LogP contribution in [0.2, 0.25) is 0 Å². The molecular formula is C31H58O6. The van der Waals surface area contributed by atoms with Gasteiger partial charge in [-0.05, 0) is 26.7 Å². The SMILES string of the molecule is CCCCCCCCCCCC1(CCCCCCCCCCC)OC(C(=O)OCC)C(C(=O)OCC)O1. The minimum atomic E-state index is -1.06. The molecule has 6 heteroatoms. The van der Waals surface area contributed by atoms with Gasteiger partial charge in [-0.1, -0.05) is 117 Å². The van der Waals surface area contributed by atoms with Crippen molar-refractivity contribution in [3.8, 4) is 0 Å². The number of ether oxygens (including phenoxy) is 4. The highest BCUT2D eigenvalue weighted by molar-refractivity contribution is 5.86. The monoisotopic (exact) mass is 526 g/mol. The van der Waals surface area contributed by atoms with E-state index in [2.05, 4.69) is 13.8 Å². The molecule has 0 N–H and O–H groups in total. The standard InChI is InChI=1S/C31H58O6/c1-5-9-11-13-15-17-19-21-23-25-31(26-24-22-20-18-16-14-12-10-6-2)36-27(29(32)34-7-3)28(37-31)30(33)35-8-4/h27-28H,5-26H2,1-4H3. The summed E-state index contributed by atoms with van der Waals surface area (Å²) >= 11 is 0. The molecule has 37 heavy (non-hydrogen) atoms. The highest BCUT2D eigenvalue weighted by Crippen LogP contribution is 2.39. The Balaban J connectivity index is 2.64. The molecule has 2 unspecified atom stereocenters.